The van der Waals surface area contributed by atoms with Crippen molar-refractivity contribution in [2.45, 2.75) is 23.8 Å². The minimum Gasteiger partial charge on any atom is -0.307 e. The Labute approximate surface area is 215 Å². The van der Waals surface area contributed by atoms with Crippen LogP contribution in [-0.4, -0.2) is 70.5 Å². The summed E-state index contributed by atoms with van der Waals surface area (Å²) in [6.45, 7) is 2.44. The van der Waals surface area contributed by atoms with E-state index in [1.165, 1.54) is 23.2 Å². The largest absolute Gasteiger partial charge is 0.307 e. The van der Waals surface area contributed by atoms with E-state index in [1.807, 2.05) is 37.5 Å². The molecule has 6 rings (SSSR count). The number of carbonyl (C=O) groups is 1. The zero-order valence-electron chi connectivity index (χ0n) is 20.5. The summed E-state index contributed by atoms with van der Waals surface area (Å²) in [6, 6.07) is 14.7. The molecule has 2 fully saturated rings. The molecule has 0 spiro atoms. The first kappa shape index (κ1) is 23.8. The van der Waals surface area contributed by atoms with Crippen LogP contribution in [0.5, 0.6) is 0 Å². The molecule has 0 unspecified atom stereocenters. The normalized spacial score (nSPS) is 17.2. The fourth-order valence-corrected chi connectivity index (χ4v) is 6.31. The molecule has 2 aliphatic rings. The van der Waals surface area contributed by atoms with Crippen molar-refractivity contribution in [3.63, 3.8) is 0 Å². The van der Waals surface area contributed by atoms with Crippen molar-refractivity contribution in [2.75, 3.05) is 31.5 Å². The van der Waals surface area contributed by atoms with E-state index >= 15 is 0 Å². The van der Waals surface area contributed by atoms with E-state index in [9.17, 15) is 13.2 Å². The lowest BCUT2D eigenvalue weighted by molar-refractivity contribution is 0.102. The van der Waals surface area contributed by atoms with Gasteiger partial charge in [-0.3, -0.25) is 14.4 Å². The maximum absolute atomic E-state index is 13.3. The predicted molar refractivity (Wildman–Crippen MR) is 142 cm³/mol. The third-order valence-corrected chi connectivity index (χ3v) is 8.97. The molecule has 1 aliphatic heterocycles. The Balaban J connectivity index is 1.19. The van der Waals surface area contributed by atoms with Crippen LogP contribution in [-0.2, 0) is 17.1 Å². The number of rotatable bonds is 6. The van der Waals surface area contributed by atoms with Crippen molar-refractivity contribution in [1.82, 2.24) is 24.0 Å². The number of carbonyl (C=O) groups excluding carboxylic acids is 1. The molecule has 0 atom stereocenters. The maximum Gasteiger partial charge on any atom is 0.256 e. The van der Waals surface area contributed by atoms with Crippen molar-refractivity contribution in [1.29, 1.82) is 0 Å². The Morgan fingerprint density at radius 1 is 0.946 bits per heavy atom. The van der Waals surface area contributed by atoms with Crippen molar-refractivity contribution in [2.24, 2.45) is 7.05 Å². The number of nitrogens with one attached hydrogen (secondary N) is 1. The van der Waals surface area contributed by atoms with Gasteiger partial charge in [-0.05, 0) is 54.1 Å². The standard InChI is InChI=1S/C27H28N6O3S/c1-31-18-23(17-29-31)19-5-6-21-16-28-26(15-22(21)13-19)30-27(34)20-3-2-4-25(14-20)37(35,36)33-11-9-32(10-12-33)24-7-8-24/h2-6,13-18,24H,7-12H2,1H3,(H,28,30,34). The quantitative estimate of drug-likeness (QED) is 0.422. The summed E-state index contributed by atoms with van der Waals surface area (Å²) in [4.78, 5) is 19.9. The predicted octanol–water partition coefficient (Wildman–Crippen LogP) is 3.36. The van der Waals surface area contributed by atoms with Crippen LogP contribution < -0.4 is 5.32 Å². The van der Waals surface area contributed by atoms with E-state index in [0.717, 1.165) is 35.0 Å². The highest BCUT2D eigenvalue weighted by molar-refractivity contribution is 7.89. The highest BCUT2D eigenvalue weighted by atomic mass is 32.2. The number of anilines is 1. The van der Waals surface area contributed by atoms with Crippen molar-refractivity contribution in [3.05, 3.63) is 72.7 Å². The number of benzene rings is 2. The molecule has 9 nitrogen and oxygen atoms in total. The fourth-order valence-electron chi connectivity index (χ4n) is 4.84. The number of piperazine rings is 1. The molecule has 4 aromatic rings. The molecule has 2 aromatic heterocycles. The summed E-state index contributed by atoms with van der Waals surface area (Å²) in [5.41, 5.74) is 2.28. The second kappa shape index (κ2) is 9.37. The second-order valence-electron chi connectivity index (χ2n) is 9.69. The third kappa shape index (κ3) is 4.87. The SMILES string of the molecule is Cn1cc(-c2ccc3cnc(NC(=O)c4cccc(S(=O)(=O)N5CCN(C6CC6)CC5)c4)cc3c2)cn1. The highest BCUT2D eigenvalue weighted by Gasteiger charge is 2.35. The van der Waals surface area contributed by atoms with Gasteiger partial charge in [0, 0.05) is 68.2 Å². The van der Waals surface area contributed by atoms with Crippen LogP contribution >= 0.6 is 0 Å². The Kier molecular flexibility index (Phi) is 6.02. The molecular weight excluding hydrogens is 488 g/mol. The molecular formula is C27H28N6O3S. The molecule has 2 aromatic carbocycles. The van der Waals surface area contributed by atoms with Gasteiger partial charge < -0.3 is 5.32 Å². The summed E-state index contributed by atoms with van der Waals surface area (Å²) in [5, 5.41) is 8.91. The third-order valence-electron chi connectivity index (χ3n) is 7.07. The molecule has 0 bridgehead atoms. The lowest BCUT2D eigenvalue weighted by Gasteiger charge is -2.34. The van der Waals surface area contributed by atoms with Crippen LogP contribution in [0.4, 0.5) is 5.82 Å². The number of aromatic nitrogens is 3. The lowest BCUT2D eigenvalue weighted by atomic mass is 10.1. The summed E-state index contributed by atoms with van der Waals surface area (Å²) < 4.78 is 29.8. The van der Waals surface area contributed by atoms with E-state index in [1.54, 1.807) is 35.3 Å². The zero-order chi connectivity index (χ0) is 25.6. The van der Waals surface area contributed by atoms with E-state index in [0.29, 0.717) is 24.9 Å². The van der Waals surface area contributed by atoms with Crippen LogP contribution in [0, 0.1) is 0 Å². The van der Waals surface area contributed by atoms with Crippen molar-refractivity contribution in [3.8, 4) is 11.1 Å². The van der Waals surface area contributed by atoms with Crippen LogP contribution in [0.15, 0.2) is 72.0 Å². The van der Waals surface area contributed by atoms with Gasteiger partial charge in [-0.15, -0.1) is 0 Å². The first-order valence-corrected chi connectivity index (χ1v) is 13.9. The van der Waals surface area contributed by atoms with Crippen LogP contribution in [0.2, 0.25) is 0 Å². The topological polar surface area (TPSA) is 100 Å². The number of nitrogens with zero attached hydrogens (tertiary/aromatic N) is 5. The van der Waals surface area contributed by atoms with Gasteiger partial charge in [0.2, 0.25) is 10.0 Å². The van der Waals surface area contributed by atoms with Crippen molar-refractivity contribution < 1.29 is 13.2 Å². The van der Waals surface area contributed by atoms with E-state index in [-0.39, 0.29) is 10.5 Å². The highest BCUT2D eigenvalue weighted by Crippen LogP contribution is 2.29. The van der Waals surface area contributed by atoms with Gasteiger partial charge in [-0.1, -0.05) is 18.2 Å². The summed E-state index contributed by atoms with van der Waals surface area (Å²) in [5.74, 6) is -0.0174. The van der Waals surface area contributed by atoms with Crippen molar-refractivity contribution >= 4 is 32.5 Å². The first-order valence-electron chi connectivity index (χ1n) is 12.4. The van der Waals surface area contributed by atoms with Gasteiger partial charge in [0.05, 0.1) is 11.1 Å². The van der Waals surface area contributed by atoms with Gasteiger partial charge in [-0.25, -0.2) is 13.4 Å². The molecule has 1 saturated carbocycles. The van der Waals surface area contributed by atoms with Crippen LogP contribution in [0.3, 0.4) is 0 Å². The first-order chi connectivity index (χ1) is 17.9. The average molecular weight is 517 g/mol. The van der Waals surface area contributed by atoms with Gasteiger partial charge in [0.25, 0.3) is 5.91 Å². The number of hydrogen-bond donors (Lipinski definition) is 1. The van der Waals surface area contributed by atoms with E-state index in [4.69, 9.17) is 0 Å². The number of pyridine rings is 1. The fraction of sp³-hybridized carbons (Fsp3) is 0.296. The van der Waals surface area contributed by atoms with Gasteiger partial charge in [-0.2, -0.15) is 9.40 Å². The smallest absolute Gasteiger partial charge is 0.256 e. The molecule has 1 aliphatic carbocycles. The monoisotopic (exact) mass is 516 g/mol. The minimum absolute atomic E-state index is 0.132. The average Bonchev–Trinajstić information content (AvgIpc) is 3.68. The minimum atomic E-state index is -3.67. The van der Waals surface area contributed by atoms with Gasteiger partial charge >= 0.3 is 0 Å². The number of sulfonamides is 1. The molecule has 190 valence electrons. The molecule has 1 N–H and O–H groups in total. The van der Waals surface area contributed by atoms with Gasteiger partial charge in [0.15, 0.2) is 0 Å². The van der Waals surface area contributed by atoms with Crippen LogP contribution in [0.1, 0.15) is 23.2 Å². The maximum atomic E-state index is 13.3. The second-order valence-corrected chi connectivity index (χ2v) is 11.6. The zero-order valence-corrected chi connectivity index (χ0v) is 21.4. The molecule has 3 heterocycles. The molecule has 1 amide bonds. The number of amides is 1. The Hall–Kier alpha value is -3.60. The van der Waals surface area contributed by atoms with Crippen LogP contribution in [0.25, 0.3) is 21.9 Å². The van der Waals surface area contributed by atoms with Gasteiger partial charge in [0.1, 0.15) is 5.82 Å². The Bertz CT molecular complexity index is 1590. The summed E-state index contributed by atoms with van der Waals surface area (Å²) >= 11 is 0. The molecule has 37 heavy (non-hydrogen) atoms. The lowest BCUT2D eigenvalue weighted by Crippen LogP contribution is -2.49. The number of fused-ring (bicyclic) bond motifs is 1. The summed E-state index contributed by atoms with van der Waals surface area (Å²) in [7, 11) is -1.80. The molecule has 1 saturated heterocycles. The number of hydrogen-bond acceptors (Lipinski definition) is 6. The summed E-state index contributed by atoms with van der Waals surface area (Å²) in [6.07, 6.45) is 7.88. The van der Waals surface area contributed by atoms with E-state index < -0.39 is 15.9 Å². The Morgan fingerprint density at radius 2 is 1.76 bits per heavy atom. The molecule has 0 radical (unpaired) electrons. The van der Waals surface area contributed by atoms with E-state index in [2.05, 4.69) is 20.3 Å². The Morgan fingerprint density at radius 3 is 2.49 bits per heavy atom. The number of aryl methyl sites for hydroxylation is 1. The molecule has 10 heteroatoms.